The minimum absolute atomic E-state index is 0.0959. The number of nitrogens with one attached hydrogen (secondary N) is 2. The molecular formula is C25H29ClF4N4O3. The van der Waals surface area contributed by atoms with Crippen molar-refractivity contribution in [2.24, 2.45) is 0 Å². The van der Waals surface area contributed by atoms with Gasteiger partial charge < -0.3 is 15.7 Å². The standard InChI is InChI=1S/C25H29ClF4N4O3/c26-21-18(7-3-8-19(21)27)23(35)33-20(24(36)37)11-14-34(15-25(28,29)30)13-2-1-6-17-10-9-16-5-4-12-31-22(16)32-17/h3,7-10,20H,1-2,4-6,11-15H2,(H,31,32)(H,33,35)(H,36,37). The molecule has 37 heavy (non-hydrogen) atoms. The number of unbranched alkanes of at least 4 members (excludes halogenated alkanes) is 1. The molecule has 12 heteroatoms. The molecule has 202 valence electrons. The number of fused-ring (bicyclic) bond motifs is 1. The minimum atomic E-state index is -4.47. The van der Waals surface area contributed by atoms with Gasteiger partial charge in [0.1, 0.15) is 17.7 Å². The average molecular weight is 545 g/mol. The Morgan fingerprint density at radius 1 is 1.19 bits per heavy atom. The second kappa shape index (κ2) is 13.0. The van der Waals surface area contributed by atoms with E-state index in [4.69, 9.17) is 11.6 Å². The molecule has 1 amide bonds. The summed E-state index contributed by atoms with van der Waals surface area (Å²) in [7, 11) is 0. The average Bonchev–Trinajstić information content (AvgIpc) is 2.84. The second-order valence-corrected chi connectivity index (χ2v) is 9.32. The van der Waals surface area contributed by atoms with Crippen LogP contribution in [-0.4, -0.2) is 65.3 Å². The molecule has 3 N–H and O–H groups in total. The van der Waals surface area contributed by atoms with Gasteiger partial charge in [-0.25, -0.2) is 14.2 Å². The van der Waals surface area contributed by atoms with Crippen molar-refractivity contribution in [2.45, 2.75) is 50.7 Å². The first-order valence-electron chi connectivity index (χ1n) is 12.0. The molecule has 0 saturated heterocycles. The molecule has 1 aromatic carbocycles. The molecule has 0 saturated carbocycles. The maximum atomic E-state index is 13.6. The fourth-order valence-electron chi connectivity index (χ4n) is 4.16. The maximum Gasteiger partial charge on any atom is 0.401 e. The minimum Gasteiger partial charge on any atom is -0.480 e. The third kappa shape index (κ3) is 8.85. The summed E-state index contributed by atoms with van der Waals surface area (Å²) < 4.78 is 53.1. The predicted molar refractivity (Wildman–Crippen MR) is 131 cm³/mol. The number of carbonyl (C=O) groups is 2. The lowest BCUT2D eigenvalue weighted by molar-refractivity contribution is -0.147. The highest BCUT2D eigenvalue weighted by molar-refractivity contribution is 6.34. The zero-order chi connectivity index (χ0) is 27.0. The molecule has 0 radical (unpaired) electrons. The summed E-state index contributed by atoms with van der Waals surface area (Å²) in [6.07, 6.45) is -1.06. The summed E-state index contributed by atoms with van der Waals surface area (Å²) in [6, 6.07) is 5.99. The Morgan fingerprint density at radius 2 is 1.97 bits per heavy atom. The molecule has 1 aliphatic rings. The second-order valence-electron chi connectivity index (χ2n) is 8.94. The van der Waals surface area contributed by atoms with Crippen molar-refractivity contribution in [3.63, 3.8) is 0 Å². The van der Waals surface area contributed by atoms with E-state index in [-0.39, 0.29) is 25.1 Å². The summed E-state index contributed by atoms with van der Waals surface area (Å²) in [4.78, 5) is 29.8. The van der Waals surface area contributed by atoms with Crippen molar-refractivity contribution in [3.05, 3.63) is 58.0 Å². The van der Waals surface area contributed by atoms with Gasteiger partial charge in [-0.15, -0.1) is 0 Å². The van der Waals surface area contributed by atoms with Crippen LogP contribution in [0.15, 0.2) is 30.3 Å². The van der Waals surface area contributed by atoms with E-state index >= 15 is 0 Å². The van der Waals surface area contributed by atoms with Crippen molar-refractivity contribution in [2.75, 3.05) is 31.5 Å². The first-order chi connectivity index (χ1) is 17.5. The third-order valence-corrected chi connectivity index (χ3v) is 6.43. The highest BCUT2D eigenvalue weighted by atomic mass is 35.5. The van der Waals surface area contributed by atoms with Gasteiger partial charge in [0.15, 0.2) is 0 Å². The normalized spacial score (nSPS) is 14.1. The molecule has 1 atom stereocenters. The SMILES string of the molecule is O=C(NC(CCN(CCCCc1ccc2c(n1)NCCC2)CC(F)(F)F)C(=O)O)c1cccc(F)c1Cl. The van der Waals surface area contributed by atoms with Crippen molar-refractivity contribution in [1.29, 1.82) is 0 Å². The van der Waals surface area contributed by atoms with E-state index in [2.05, 4.69) is 15.6 Å². The Balaban J connectivity index is 1.54. The Kier molecular flexibility index (Phi) is 10.1. The lowest BCUT2D eigenvalue weighted by atomic mass is 10.1. The summed E-state index contributed by atoms with van der Waals surface area (Å²) in [5.41, 5.74) is 1.76. The Labute approximate surface area is 217 Å². The molecule has 1 aliphatic heterocycles. The number of amides is 1. The zero-order valence-electron chi connectivity index (χ0n) is 20.1. The van der Waals surface area contributed by atoms with Crippen LogP contribution in [0.1, 0.15) is 47.3 Å². The number of hydrogen-bond donors (Lipinski definition) is 3. The highest BCUT2D eigenvalue weighted by Gasteiger charge is 2.31. The van der Waals surface area contributed by atoms with E-state index in [1.807, 2.05) is 12.1 Å². The smallest absolute Gasteiger partial charge is 0.401 e. The summed E-state index contributed by atoms with van der Waals surface area (Å²) >= 11 is 5.78. The van der Waals surface area contributed by atoms with Crippen LogP contribution in [0.25, 0.3) is 0 Å². The molecule has 0 aliphatic carbocycles. The lowest BCUT2D eigenvalue weighted by Gasteiger charge is -2.25. The summed E-state index contributed by atoms with van der Waals surface area (Å²) in [6.45, 7) is -0.458. The molecule has 3 rings (SSSR count). The molecule has 0 fully saturated rings. The van der Waals surface area contributed by atoms with E-state index in [9.17, 15) is 32.3 Å². The predicted octanol–water partition coefficient (Wildman–Crippen LogP) is 4.69. The van der Waals surface area contributed by atoms with Crippen LogP contribution in [0.3, 0.4) is 0 Å². The van der Waals surface area contributed by atoms with Crippen molar-refractivity contribution in [3.8, 4) is 0 Å². The van der Waals surface area contributed by atoms with Gasteiger partial charge in [0.2, 0.25) is 0 Å². The van der Waals surface area contributed by atoms with Crippen molar-refractivity contribution in [1.82, 2.24) is 15.2 Å². The number of hydrogen-bond acceptors (Lipinski definition) is 5. The van der Waals surface area contributed by atoms with Gasteiger partial charge in [-0.2, -0.15) is 13.2 Å². The fraction of sp³-hybridized carbons (Fsp3) is 0.480. The number of carbonyl (C=O) groups excluding carboxylic acids is 1. The number of pyridine rings is 1. The lowest BCUT2D eigenvalue weighted by Crippen LogP contribution is -2.44. The first-order valence-corrected chi connectivity index (χ1v) is 12.4. The van der Waals surface area contributed by atoms with Crippen LogP contribution in [0.4, 0.5) is 23.4 Å². The largest absolute Gasteiger partial charge is 0.480 e. The van der Waals surface area contributed by atoms with E-state index in [1.54, 1.807) is 0 Å². The van der Waals surface area contributed by atoms with Gasteiger partial charge in [-0.3, -0.25) is 9.69 Å². The zero-order valence-corrected chi connectivity index (χ0v) is 20.8. The van der Waals surface area contributed by atoms with Gasteiger partial charge in [0, 0.05) is 18.8 Å². The number of carboxylic acid groups (broad SMARTS) is 1. The van der Waals surface area contributed by atoms with Gasteiger partial charge in [0.25, 0.3) is 5.91 Å². The topological polar surface area (TPSA) is 94.6 Å². The summed E-state index contributed by atoms with van der Waals surface area (Å²) in [5, 5.41) is 14.5. The van der Waals surface area contributed by atoms with Crippen LogP contribution in [0, 0.1) is 5.82 Å². The number of aliphatic carboxylic acids is 1. The number of aromatic nitrogens is 1. The first kappa shape index (κ1) is 28.6. The number of nitrogens with zero attached hydrogens (tertiary/aromatic N) is 2. The van der Waals surface area contributed by atoms with Gasteiger partial charge >= 0.3 is 12.1 Å². The van der Waals surface area contributed by atoms with Crippen LogP contribution >= 0.6 is 11.6 Å². The van der Waals surface area contributed by atoms with Crippen LogP contribution < -0.4 is 10.6 Å². The number of aryl methyl sites for hydroxylation is 2. The van der Waals surface area contributed by atoms with Crippen LogP contribution in [0.2, 0.25) is 5.02 Å². The molecule has 2 aromatic rings. The van der Waals surface area contributed by atoms with Crippen LogP contribution in [0.5, 0.6) is 0 Å². The molecule has 1 aromatic heterocycles. The fourth-order valence-corrected chi connectivity index (χ4v) is 4.37. The molecule has 0 bridgehead atoms. The van der Waals surface area contributed by atoms with Gasteiger partial charge in [-0.1, -0.05) is 23.7 Å². The molecule has 0 spiro atoms. The highest BCUT2D eigenvalue weighted by Crippen LogP contribution is 2.22. The number of rotatable bonds is 12. The maximum absolute atomic E-state index is 13.6. The van der Waals surface area contributed by atoms with Crippen LogP contribution in [-0.2, 0) is 17.6 Å². The van der Waals surface area contributed by atoms with Crippen molar-refractivity contribution >= 4 is 29.3 Å². The van der Waals surface area contributed by atoms with E-state index in [1.165, 1.54) is 12.1 Å². The Morgan fingerprint density at radius 3 is 2.70 bits per heavy atom. The Hall–Kier alpha value is -2.92. The van der Waals surface area contributed by atoms with Gasteiger partial charge in [-0.05, 0) is 68.8 Å². The van der Waals surface area contributed by atoms with E-state index in [0.29, 0.717) is 19.3 Å². The number of halogens is 5. The molecule has 2 heterocycles. The number of alkyl halides is 3. The third-order valence-electron chi connectivity index (χ3n) is 6.05. The number of carboxylic acids is 1. The monoisotopic (exact) mass is 544 g/mol. The van der Waals surface area contributed by atoms with E-state index < -0.39 is 41.5 Å². The molecule has 7 nitrogen and oxygen atoms in total. The number of anilines is 1. The Bertz CT molecular complexity index is 1100. The molecule has 1 unspecified atom stereocenters. The van der Waals surface area contributed by atoms with Crippen molar-refractivity contribution < 1.29 is 32.3 Å². The number of benzene rings is 1. The summed E-state index contributed by atoms with van der Waals surface area (Å²) in [5.74, 6) is -2.32. The van der Waals surface area contributed by atoms with Gasteiger partial charge in [0.05, 0.1) is 17.1 Å². The molecular weight excluding hydrogens is 516 g/mol. The quantitative estimate of drug-likeness (QED) is 0.265. The van der Waals surface area contributed by atoms with E-state index in [0.717, 1.165) is 47.4 Å².